The van der Waals surface area contributed by atoms with E-state index in [1.807, 2.05) is 21.1 Å². The molecule has 95 heavy (non-hydrogen) atoms. The van der Waals surface area contributed by atoms with Crippen molar-refractivity contribution in [2.75, 3.05) is 47.5 Å². The molecule has 0 aliphatic carbocycles. The van der Waals surface area contributed by atoms with Gasteiger partial charge < -0.3 is 33.3 Å². The number of ether oxygens (including phenoxy) is 4. The van der Waals surface area contributed by atoms with Gasteiger partial charge in [-0.1, -0.05) is 339 Å². The highest BCUT2D eigenvalue weighted by atomic mass is 16.7. The Morgan fingerprint density at radius 2 is 0.579 bits per heavy atom. The predicted molar refractivity (Wildman–Crippen MR) is 407 cm³/mol. The second-order valence-electron chi connectivity index (χ2n) is 26.5. The summed E-state index contributed by atoms with van der Waals surface area (Å²) < 4.78 is 22.7. The van der Waals surface area contributed by atoms with Crippen LogP contribution in [-0.4, -0.2) is 82.3 Å². The van der Waals surface area contributed by atoms with Crippen molar-refractivity contribution in [3.05, 3.63) is 158 Å². The highest BCUT2D eigenvalue weighted by Gasteiger charge is 2.22. The highest BCUT2D eigenvalue weighted by molar-refractivity contribution is 5.70. The average molecular weight is 1320 g/mol. The number of hydrogen-bond donors (Lipinski definition) is 0. The Balaban J connectivity index is 4.08. The van der Waals surface area contributed by atoms with E-state index in [1.165, 1.54) is 167 Å². The molecule has 0 amide bonds. The summed E-state index contributed by atoms with van der Waals surface area (Å²) in [6.45, 7) is 4.47. The van der Waals surface area contributed by atoms with Gasteiger partial charge in [-0.15, -0.1) is 0 Å². The SMILES string of the molecule is CC/C=C\C/C=C\C/C=C\C/C=C\C/C=C\C/C=C\C/C=C\C/C=C\C/C=C\CCCC(=O)OC(COC(=O)CCCCCCCCCCCCCCCCCCCCCCCCCCCCCC/C=C\C/C=C\C/C=C\C/C=C\CC)COC(OCC[N+](C)(C)C)C(=O)[O-]. The minimum absolute atomic E-state index is 0.130. The summed E-state index contributed by atoms with van der Waals surface area (Å²) in [5.41, 5.74) is 0. The lowest BCUT2D eigenvalue weighted by Gasteiger charge is -2.26. The zero-order valence-corrected chi connectivity index (χ0v) is 61.7. The van der Waals surface area contributed by atoms with Gasteiger partial charge in [-0.05, 0) is 116 Å². The maximum absolute atomic E-state index is 12.9. The Labute approximate surface area is 584 Å². The molecule has 0 N–H and O–H groups in total. The summed E-state index contributed by atoms with van der Waals surface area (Å²) in [6.07, 6.45) is 108. The zero-order valence-electron chi connectivity index (χ0n) is 61.7. The van der Waals surface area contributed by atoms with Crippen molar-refractivity contribution in [1.29, 1.82) is 0 Å². The van der Waals surface area contributed by atoms with Crippen molar-refractivity contribution in [1.82, 2.24) is 0 Å². The number of likely N-dealkylation sites (N-methyl/N-ethyl adjacent to an activating group) is 1. The lowest BCUT2D eigenvalue weighted by atomic mass is 10.0. The largest absolute Gasteiger partial charge is 0.545 e. The third kappa shape index (κ3) is 76.1. The van der Waals surface area contributed by atoms with Gasteiger partial charge in [-0.3, -0.25) is 9.59 Å². The van der Waals surface area contributed by atoms with Gasteiger partial charge in [0, 0.05) is 12.8 Å². The van der Waals surface area contributed by atoms with Crippen LogP contribution >= 0.6 is 0 Å². The molecule has 0 saturated carbocycles. The van der Waals surface area contributed by atoms with Gasteiger partial charge in [0.25, 0.3) is 0 Å². The van der Waals surface area contributed by atoms with Crippen LogP contribution in [-0.2, 0) is 33.3 Å². The van der Waals surface area contributed by atoms with Crippen molar-refractivity contribution in [3.63, 3.8) is 0 Å². The van der Waals surface area contributed by atoms with E-state index in [9.17, 15) is 19.5 Å². The molecule has 9 heteroatoms. The number of carbonyl (C=O) groups is 3. The number of rotatable bonds is 70. The first-order chi connectivity index (χ1) is 46.6. The van der Waals surface area contributed by atoms with Crippen LogP contribution in [0.1, 0.15) is 309 Å². The fourth-order valence-corrected chi connectivity index (χ4v) is 10.5. The molecule has 0 aliphatic heterocycles. The minimum Gasteiger partial charge on any atom is -0.545 e. The van der Waals surface area contributed by atoms with Crippen LogP contribution in [0.3, 0.4) is 0 Å². The molecule has 0 aromatic rings. The van der Waals surface area contributed by atoms with E-state index in [-0.39, 0.29) is 38.6 Å². The molecule has 0 fully saturated rings. The maximum atomic E-state index is 12.9. The number of aliphatic carboxylic acids is 1. The first-order valence-corrected chi connectivity index (χ1v) is 38.6. The summed E-state index contributed by atoms with van der Waals surface area (Å²) in [7, 11) is 5.91. The van der Waals surface area contributed by atoms with E-state index < -0.39 is 24.3 Å². The smallest absolute Gasteiger partial charge is 0.306 e. The topological polar surface area (TPSA) is 111 Å². The van der Waals surface area contributed by atoms with Gasteiger partial charge >= 0.3 is 11.9 Å². The lowest BCUT2D eigenvalue weighted by Crippen LogP contribution is -2.44. The van der Waals surface area contributed by atoms with E-state index in [1.54, 1.807) is 0 Å². The fraction of sp³-hybridized carbons (Fsp3) is 0.663. The molecule has 0 bridgehead atoms. The van der Waals surface area contributed by atoms with Crippen LogP contribution in [0.5, 0.6) is 0 Å². The van der Waals surface area contributed by atoms with Crippen molar-refractivity contribution in [2.24, 2.45) is 0 Å². The van der Waals surface area contributed by atoms with E-state index in [0.717, 1.165) is 103 Å². The zero-order chi connectivity index (χ0) is 69.0. The van der Waals surface area contributed by atoms with Crippen molar-refractivity contribution >= 4 is 17.9 Å². The molecule has 0 radical (unpaired) electrons. The second kappa shape index (κ2) is 74.7. The van der Waals surface area contributed by atoms with Crippen molar-refractivity contribution in [2.45, 2.75) is 322 Å². The third-order valence-corrected chi connectivity index (χ3v) is 16.3. The molecule has 540 valence electrons. The molecule has 0 aliphatic rings. The van der Waals surface area contributed by atoms with Crippen LogP contribution in [0.4, 0.5) is 0 Å². The number of carbonyl (C=O) groups excluding carboxylic acids is 3. The summed E-state index contributed by atoms with van der Waals surface area (Å²) in [5.74, 6) is -2.37. The maximum Gasteiger partial charge on any atom is 0.306 e. The molecule has 9 nitrogen and oxygen atoms in total. The molecular formula is C86H143NO8. The van der Waals surface area contributed by atoms with E-state index in [0.29, 0.717) is 23.9 Å². The minimum atomic E-state index is -1.65. The van der Waals surface area contributed by atoms with Crippen LogP contribution in [0.2, 0.25) is 0 Å². The number of carboxylic acids is 1. The van der Waals surface area contributed by atoms with E-state index in [4.69, 9.17) is 18.9 Å². The van der Waals surface area contributed by atoms with Crippen LogP contribution < -0.4 is 5.11 Å². The van der Waals surface area contributed by atoms with Gasteiger partial charge in [-0.2, -0.15) is 0 Å². The molecule has 2 unspecified atom stereocenters. The summed E-state index contributed by atoms with van der Waals surface area (Å²) in [6, 6.07) is 0. The van der Waals surface area contributed by atoms with Gasteiger partial charge in [0.2, 0.25) is 0 Å². The highest BCUT2D eigenvalue weighted by Crippen LogP contribution is 2.18. The number of hydrogen-bond acceptors (Lipinski definition) is 8. The quantitative estimate of drug-likeness (QED) is 0.0195. The average Bonchev–Trinajstić information content (AvgIpc) is 2.86. The third-order valence-electron chi connectivity index (χ3n) is 16.3. The molecule has 0 rings (SSSR count). The normalized spacial score (nSPS) is 13.6. The van der Waals surface area contributed by atoms with E-state index in [2.05, 4.69) is 172 Å². The Morgan fingerprint density at radius 3 is 0.874 bits per heavy atom. The first-order valence-electron chi connectivity index (χ1n) is 38.6. The lowest BCUT2D eigenvalue weighted by molar-refractivity contribution is -0.870. The second-order valence-corrected chi connectivity index (χ2v) is 26.5. The molecular weight excluding hydrogens is 1170 g/mol. The number of nitrogens with zero attached hydrogens (tertiary/aromatic N) is 1. The monoisotopic (exact) mass is 1320 g/mol. The number of quaternary nitrogens is 1. The predicted octanol–water partition coefficient (Wildman–Crippen LogP) is 23.5. The van der Waals surface area contributed by atoms with Gasteiger partial charge in [0.1, 0.15) is 13.2 Å². The fourth-order valence-electron chi connectivity index (χ4n) is 10.5. The van der Waals surface area contributed by atoms with Crippen LogP contribution in [0.25, 0.3) is 0 Å². The van der Waals surface area contributed by atoms with Crippen LogP contribution in [0, 0.1) is 0 Å². The Bertz CT molecular complexity index is 2130. The Hall–Kier alpha value is -5.09. The molecule has 0 heterocycles. The first kappa shape index (κ1) is 89.9. The van der Waals surface area contributed by atoms with Crippen LogP contribution in [0.15, 0.2) is 158 Å². The number of esters is 2. The summed E-state index contributed by atoms with van der Waals surface area (Å²) >= 11 is 0. The summed E-state index contributed by atoms with van der Waals surface area (Å²) in [5, 5.41) is 11.8. The number of carboxylic acid groups (broad SMARTS) is 1. The molecule has 2 atom stereocenters. The van der Waals surface area contributed by atoms with Gasteiger partial charge in [0.05, 0.1) is 40.3 Å². The van der Waals surface area contributed by atoms with Crippen molar-refractivity contribution < 1.29 is 42.9 Å². The number of allylic oxidation sites excluding steroid dienone is 26. The standard InChI is InChI=1S/C86H143NO8/c1-6-8-10-12-14-16-18-20-22-24-26-28-30-32-34-36-37-38-39-40-41-42-43-44-45-46-47-49-50-52-54-56-58-60-62-64-66-68-70-72-74-76-83(88)93-80-82(81-94-86(85(90)91)92-79-78-87(3,4)5)95-84(89)77-75-73-71-69-67-65-63-61-59-57-55-53-51-48-35-33-31-29-27-25-23-21-19-17-15-13-11-9-7-2/h8-11,14-17,20-23,26-29,33,35,51,53,57,59,63,65,69,71,82,86H,6-7,12-13,18-19,24-25,30-32,34,36-50,52,54-56,58,60-62,64,66-68,70,72-81H2,1-5H3/b10-8-,11-9-,16-14-,17-15-,22-20-,23-21-,28-26-,29-27-,35-33-,53-51-,59-57-,65-63-,71-69-. The van der Waals surface area contributed by atoms with Gasteiger partial charge in [-0.25, -0.2) is 0 Å². The molecule has 0 aromatic heterocycles. The Kier molecular flexibility index (Phi) is 70.7. The van der Waals surface area contributed by atoms with E-state index >= 15 is 0 Å². The van der Waals surface area contributed by atoms with Gasteiger partial charge in [0.15, 0.2) is 12.4 Å². The molecule has 0 aromatic carbocycles. The molecule has 0 spiro atoms. The summed E-state index contributed by atoms with van der Waals surface area (Å²) in [4.78, 5) is 37.5. The van der Waals surface area contributed by atoms with Crippen molar-refractivity contribution in [3.8, 4) is 0 Å². The molecule has 0 saturated heterocycles. The Morgan fingerprint density at radius 1 is 0.316 bits per heavy atom. The number of unbranched alkanes of at least 4 members (excludes halogenated alkanes) is 29.